The summed E-state index contributed by atoms with van der Waals surface area (Å²) in [6, 6.07) is 6.34. The van der Waals surface area contributed by atoms with E-state index in [4.69, 9.17) is 0 Å². The maximum Gasteiger partial charge on any atom is 0.266 e. The first-order chi connectivity index (χ1) is 11.2. The van der Waals surface area contributed by atoms with E-state index in [1.807, 2.05) is 11.0 Å². The van der Waals surface area contributed by atoms with Gasteiger partial charge in [-0.3, -0.25) is 4.79 Å². The zero-order chi connectivity index (χ0) is 16.2. The number of hydrogen-bond donors (Lipinski definition) is 1. The quantitative estimate of drug-likeness (QED) is 0.839. The van der Waals surface area contributed by atoms with Crippen LogP contribution in [0, 0.1) is 5.82 Å². The molecule has 1 aliphatic rings. The second-order valence-electron chi connectivity index (χ2n) is 5.64. The minimum atomic E-state index is -0.275. The molecule has 1 N–H and O–H groups in total. The van der Waals surface area contributed by atoms with E-state index < -0.39 is 0 Å². The van der Waals surface area contributed by atoms with Crippen LogP contribution in [0.1, 0.15) is 39.6 Å². The molecule has 0 aliphatic carbocycles. The Bertz CT molecular complexity index is 698. The first-order valence-electron chi connectivity index (χ1n) is 7.91. The van der Waals surface area contributed by atoms with Crippen LogP contribution in [0.5, 0.6) is 0 Å². The lowest BCUT2D eigenvalue weighted by molar-refractivity contribution is 0.0638. The number of thiazole rings is 1. The lowest BCUT2D eigenvalue weighted by atomic mass is 10.0. The summed E-state index contributed by atoms with van der Waals surface area (Å²) in [4.78, 5) is 19.7. The highest BCUT2D eigenvalue weighted by Gasteiger charge is 2.29. The number of benzene rings is 1. The Morgan fingerprint density at radius 3 is 2.96 bits per heavy atom. The molecule has 4 nitrogen and oxygen atoms in total. The molecule has 1 amide bonds. The van der Waals surface area contributed by atoms with Gasteiger partial charge in [0.1, 0.15) is 10.7 Å². The van der Waals surface area contributed by atoms with Gasteiger partial charge in [0.2, 0.25) is 0 Å². The summed E-state index contributed by atoms with van der Waals surface area (Å²) in [6.07, 6.45) is 3.58. The van der Waals surface area contributed by atoms with Crippen LogP contribution in [0.2, 0.25) is 0 Å². The second-order valence-corrected chi connectivity index (χ2v) is 6.76. The van der Waals surface area contributed by atoms with Crippen molar-refractivity contribution in [1.82, 2.24) is 15.2 Å². The van der Waals surface area contributed by atoms with E-state index in [1.165, 1.54) is 23.5 Å². The summed E-state index contributed by atoms with van der Waals surface area (Å²) in [5, 5.41) is 4.28. The number of piperazine rings is 1. The van der Waals surface area contributed by atoms with Crippen LogP contribution in [0.15, 0.2) is 30.5 Å². The van der Waals surface area contributed by atoms with Gasteiger partial charge < -0.3 is 10.2 Å². The summed E-state index contributed by atoms with van der Waals surface area (Å²) in [6.45, 7) is 4.09. The van der Waals surface area contributed by atoms with Gasteiger partial charge in [-0.25, -0.2) is 9.37 Å². The smallest absolute Gasteiger partial charge is 0.266 e. The summed E-state index contributed by atoms with van der Waals surface area (Å²) < 4.78 is 13.5. The molecule has 0 saturated carbocycles. The molecule has 0 radical (unpaired) electrons. The zero-order valence-electron chi connectivity index (χ0n) is 13.9. The summed E-state index contributed by atoms with van der Waals surface area (Å²) in [5.74, 6) is -0.288. The predicted molar refractivity (Wildman–Crippen MR) is 104 cm³/mol. The minimum absolute atomic E-state index is 0. The highest BCUT2D eigenvalue weighted by molar-refractivity contribution is 7.13. The fourth-order valence-corrected chi connectivity index (χ4v) is 3.81. The Morgan fingerprint density at radius 1 is 1.44 bits per heavy atom. The summed E-state index contributed by atoms with van der Waals surface area (Å²) in [5.41, 5.74) is 0.823. The highest BCUT2D eigenvalue weighted by Crippen LogP contribution is 2.26. The molecule has 0 bridgehead atoms. The number of halogens is 3. The maximum absolute atomic E-state index is 13.5. The van der Waals surface area contributed by atoms with E-state index >= 15 is 0 Å². The number of amides is 1. The molecule has 25 heavy (non-hydrogen) atoms. The van der Waals surface area contributed by atoms with Crippen molar-refractivity contribution in [1.29, 1.82) is 0 Å². The third-order valence-electron chi connectivity index (χ3n) is 3.97. The molecule has 8 heteroatoms. The van der Waals surface area contributed by atoms with Crippen molar-refractivity contribution in [2.45, 2.75) is 25.8 Å². The fraction of sp³-hybridized carbons (Fsp3) is 0.412. The van der Waals surface area contributed by atoms with E-state index in [0.717, 1.165) is 30.0 Å². The molecule has 2 aromatic rings. The van der Waals surface area contributed by atoms with Crippen molar-refractivity contribution in [3.8, 4) is 0 Å². The fourth-order valence-electron chi connectivity index (χ4n) is 2.84. The Labute approximate surface area is 163 Å². The number of carbonyl (C=O) groups excluding carboxylic acids is 1. The van der Waals surface area contributed by atoms with Gasteiger partial charge in [-0.15, -0.1) is 36.2 Å². The average Bonchev–Trinajstić information content (AvgIpc) is 3.03. The van der Waals surface area contributed by atoms with Crippen molar-refractivity contribution in [2.75, 3.05) is 19.6 Å². The van der Waals surface area contributed by atoms with Crippen LogP contribution in [-0.2, 0) is 6.42 Å². The van der Waals surface area contributed by atoms with Gasteiger partial charge in [0.15, 0.2) is 0 Å². The number of aromatic nitrogens is 1. The monoisotopic (exact) mass is 405 g/mol. The van der Waals surface area contributed by atoms with Crippen molar-refractivity contribution >= 4 is 42.1 Å². The molecular formula is C17H22Cl2FN3OS. The molecule has 1 aromatic carbocycles. The number of nitrogens with zero attached hydrogens (tertiary/aromatic N) is 2. The van der Waals surface area contributed by atoms with Gasteiger partial charge in [-0.1, -0.05) is 19.1 Å². The Morgan fingerprint density at radius 2 is 2.24 bits per heavy atom. The standard InChI is InChI=1S/C17H20FN3OS.2ClH/c1-2-4-16-20-11-15(23-16)17(22)21-8-7-19-10-14(21)12-5-3-6-13(18)9-12;;/h3,5-6,9,11,14,19H,2,4,7-8,10H2,1H3;2*1H. The summed E-state index contributed by atoms with van der Waals surface area (Å²) >= 11 is 1.46. The first kappa shape index (κ1) is 21.8. The molecule has 1 atom stereocenters. The van der Waals surface area contributed by atoms with E-state index in [2.05, 4.69) is 17.2 Å². The van der Waals surface area contributed by atoms with Crippen molar-refractivity contribution < 1.29 is 9.18 Å². The van der Waals surface area contributed by atoms with E-state index in [-0.39, 0.29) is 42.6 Å². The topological polar surface area (TPSA) is 45.2 Å². The molecule has 138 valence electrons. The predicted octanol–water partition coefficient (Wildman–Crippen LogP) is 3.87. The van der Waals surface area contributed by atoms with Crippen LogP contribution in [0.25, 0.3) is 0 Å². The van der Waals surface area contributed by atoms with Crippen LogP contribution < -0.4 is 5.32 Å². The van der Waals surface area contributed by atoms with Crippen molar-refractivity contribution in [3.63, 3.8) is 0 Å². The lowest BCUT2D eigenvalue weighted by Crippen LogP contribution is -2.48. The Balaban J connectivity index is 0.00000156. The number of rotatable bonds is 4. The molecule has 1 fully saturated rings. The molecule has 1 aromatic heterocycles. The van der Waals surface area contributed by atoms with Crippen LogP contribution >= 0.6 is 36.2 Å². The number of hydrogen-bond acceptors (Lipinski definition) is 4. The van der Waals surface area contributed by atoms with E-state index in [0.29, 0.717) is 18.0 Å². The molecule has 3 rings (SSSR count). The normalized spacial score (nSPS) is 16.7. The number of carbonyl (C=O) groups is 1. The maximum atomic E-state index is 13.5. The number of aryl methyl sites for hydroxylation is 1. The minimum Gasteiger partial charge on any atom is -0.328 e. The van der Waals surface area contributed by atoms with E-state index in [1.54, 1.807) is 12.3 Å². The van der Waals surface area contributed by atoms with Gasteiger partial charge >= 0.3 is 0 Å². The second kappa shape index (κ2) is 10.1. The molecular weight excluding hydrogens is 384 g/mol. The summed E-state index contributed by atoms with van der Waals surface area (Å²) in [7, 11) is 0. The van der Waals surface area contributed by atoms with Crippen LogP contribution in [0.4, 0.5) is 4.39 Å². The van der Waals surface area contributed by atoms with Gasteiger partial charge in [-0.05, 0) is 30.5 Å². The van der Waals surface area contributed by atoms with E-state index in [9.17, 15) is 9.18 Å². The number of nitrogens with one attached hydrogen (secondary N) is 1. The highest BCUT2D eigenvalue weighted by atomic mass is 35.5. The molecule has 1 unspecified atom stereocenters. The van der Waals surface area contributed by atoms with Gasteiger partial charge in [0.25, 0.3) is 5.91 Å². The van der Waals surface area contributed by atoms with Crippen molar-refractivity contribution in [3.05, 3.63) is 51.7 Å². The lowest BCUT2D eigenvalue weighted by Gasteiger charge is -2.36. The van der Waals surface area contributed by atoms with Gasteiger partial charge in [-0.2, -0.15) is 0 Å². The van der Waals surface area contributed by atoms with Gasteiger partial charge in [0.05, 0.1) is 17.2 Å². The average molecular weight is 406 g/mol. The van der Waals surface area contributed by atoms with Gasteiger partial charge in [0, 0.05) is 19.6 Å². The molecule has 2 heterocycles. The van der Waals surface area contributed by atoms with Crippen molar-refractivity contribution in [2.24, 2.45) is 0 Å². The molecule has 0 spiro atoms. The SMILES string of the molecule is CCCc1ncc(C(=O)N2CCNCC2c2cccc(F)c2)s1.Cl.Cl. The first-order valence-corrected chi connectivity index (χ1v) is 8.72. The molecule has 1 saturated heterocycles. The largest absolute Gasteiger partial charge is 0.328 e. The van der Waals surface area contributed by atoms with Crippen LogP contribution in [0.3, 0.4) is 0 Å². The Hall–Kier alpha value is -1.21. The van der Waals surface area contributed by atoms with Crippen LogP contribution in [-0.4, -0.2) is 35.4 Å². The third-order valence-corrected chi connectivity index (χ3v) is 5.01. The zero-order valence-corrected chi connectivity index (χ0v) is 16.4. The molecule has 1 aliphatic heterocycles. The third kappa shape index (κ3) is 5.14. The Kier molecular flexibility index (Phi) is 8.79.